The maximum atomic E-state index is 12.1. The second-order valence-electron chi connectivity index (χ2n) is 6.71. The van der Waals surface area contributed by atoms with Crippen LogP contribution in [0, 0.1) is 5.92 Å². The highest BCUT2D eigenvalue weighted by Gasteiger charge is 2.23. The fraction of sp³-hybridized carbons (Fsp3) is 0.579. The minimum Gasteiger partial charge on any atom is -0.368 e. The number of nitrogens with zero attached hydrogens (tertiary/aromatic N) is 1. The standard InChI is InChI=1S/C19H28N4O2.HI/c1-2-20-19(21-12-14-8-9-14)22-13-15-5-3-6-16(11-15)23-18(24)17-7-4-10-25-17;/h3,5-6,11,14,17H,2,4,7-10,12-13H2,1H3,(H,23,24)(H2,20,21,22);1H. The van der Waals surface area contributed by atoms with E-state index in [-0.39, 0.29) is 36.0 Å². The van der Waals surface area contributed by atoms with Crippen LogP contribution in [0.25, 0.3) is 0 Å². The molecule has 1 atom stereocenters. The first-order valence-electron chi connectivity index (χ1n) is 9.28. The molecular weight excluding hydrogens is 443 g/mol. The first kappa shape index (κ1) is 21.0. The first-order valence-corrected chi connectivity index (χ1v) is 9.28. The van der Waals surface area contributed by atoms with Crippen molar-refractivity contribution in [3.8, 4) is 0 Å². The molecule has 1 heterocycles. The summed E-state index contributed by atoms with van der Waals surface area (Å²) in [7, 11) is 0. The number of carbonyl (C=O) groups is 1. The van der Waals surface area contributed by atoms with E-state index in [0.717, 1.165) is 49.1 Å². The molecule has 6 nitrogen and oxygen atoms in total. The fourth-order valence-electron chi connectivity index (χ4n) is 2.83. The molecule has 144 valence electrons. The van der Waals surface area contributed by atoms with E-state index in [1.165, 1.54) is 12.8 Å². The maximum Gasteiger partial charge on any atom is 0.253 e. The van der Waals surface area contributed by atoms with Gasteiger partial charge in [-0.2, -0.15) is 0 Å². The molecular formula is C19H29IN4O2. The SMILES string of the molecule is CCNC(=NCc1cccc(NC(=O)C2CCCO2)c1)NCC1CC1.I. The lowest BCUT2D eigenvalue weighted by atomic mass is 10.2. The molecule has 3 rings (SSSR count). The number of hydrogen-bond acceptors (Lipinski definition) is 3. The van der Waals surface area contributed by atoms with Gasteiger partial charge in [-0.1, -0.05) is 12.1 Å². The summed E-state index contributed by atoms with van der Waals surface area (Å²) in [5, 5.41) is 9.60. The second-order valence-corrected chi connectivity index (χ2v) is 6.71. The van der Waals surface area contributed by atoms with Gasteiger partial charge in [0.25, 0.3) is 5.91 Å². The molecule has 1 amide bonds. The minimum absolute atomic E-state index is 0. The van der Waals surface area contributed by atoms with Crippen molar-refractivity contribution in [2.75, 3.05) is 25.0 Å². The van der Waals surface area contributed by atoms with Crippen LogP contribution in [0.15, 0.2) is 29.3 Å². The predicted molar refractivity (Wildman–Crippen MR) is 115 cm³/mol. The zero-order valence-corrected chi connectivity index (χ0v) is 17.6. The van der Waals surface area contributed by atoms with Crippen LogP contribution in [0.5, 0.6) is 0 Å². The summed E-state index contributed by atoms with van der Waals surface area (Å²) >= 11 is 0. The highest BCUT2D eigenvalue weighted by molar-refractivity contribution is 14.0. The van der Waals surface area contributed by atoms with E-state index in [9.17, 15) is 4.79 Å². The van der Waals surface area contributed by atoms with E-state index >= 15 is 0 Å². The van der Waals surface area contributed by atoms with E-state index in [2.05, 4.69) is 27.9 Å². The lowest BCUT2D eigenvalue weighted by Crippen LogP contribution is -2.38. The number of aliphatic imine (C=N–C) groups is 1. The number of rotatable bonds is 7. The Labute approximate surface area is 172 Å². The summed E-state index contributed by atoms with van der Waals surface area (Å²) in [6.07, 6.45) is 4.08. The number of carbonyl (C=O) groups excluding carboxylic acids is 1. The largest absolute Gasteiger partial charge is 0.368 e. The molecule has 1 saturated heterocycles. The number of halogens is 1. The summed E-state index contributed by atoms with van der Waals surface area (Å²) in [6.45, 7) is 5.14. The van der Waals surface area contributed by atoms with Gasteiger partial charge in [0, 0.05) is 25.4 Å². The molecule has 0 bridgehead atoms. The molecule has 3 N–H and O–H groups in total. The summed E-state index contributed by atoms with van der Waals surface area (Å²) < 4.78 is 5.42. The summed E-state index contributed by atoms with van der Waals surface area (Å²) in [6, 6.07) is 7.84. The highest BCUT2D eigenvalue weighted by atomic mass is 127. The lowest BCUT2D eigenvalue weighted by molar-refractivity contribution is -0.124. The van der Waals surface area contributed by atoms with Gasteiger partial charge < -0.3 is 20.7 Å². The number of amides is 1. The molecule has 0 aromatic heterocycles. The summed E-state index contributed by atoms with van der Waals surface area (Å²) in [5.74, 6) is 1.60. The predicted octanol–water partition coefficient (Wildman–Crippen LogP) is 2.89. The maximum absolute atomic E-state index is 12.1. The van der Waals surface area contributed by atoms with Gasteiger partial charge in [-0.15, -0.1) is 24.0 Å². The molecule has 0 spiro atoms. The smallest absolute Gasteiger partial charge is 0.253 e. The van der Waals surface area contributed by atoms with Gasteiger partial charge >= 0.3 is 0 Å². The molecule has 7 heteroatoms. The van der Waals surface area contributed by atoms with Gasteiger partial charge in [0.2, 0.25) is 0 Å². The Morgan fingerprint density at radius 3 is 2.81 bits per heavy atom. The number of benzene rings is 1. The van der Waals surface area contributed by atoms with Crippen molar-refractivity contribution in [3.05, 3.63) is 29.8 Å². The highest BCUT2D eigenvalue weighted by Crippen LogP contribution is 2.27. The van der Waals surface area contributed by atoms with Gasteiger partial charge in [0.15, 0.2) is 5.96 Å². The Bertz CT molecular complexity index is 613. The normalized spacial score (nSPS) is 19.6. The van der Waals surface area contributed by atoms with Crippen molar-refractivity contribution >= 4 is 41.5 Å². The molecule has 2 fully saturated rings. The van der Waals surface area contributed by atoms with E-state index in [4.69, 9.17) is 4.74 Å². The van der Waals surface area contributed by atoms with Crippen LogP contribution in [-0.4, -0.2) is 37.7 Å². The monoisotopic (exact) mass is 472 g/mol. The van der Waals surface area contributed by atoms with Crippen molar-refractivity contribution in [2.24, 2.45) is 10.9 Å². The Kier molecular flexibility index (Phi) is 8.64. The number of nitrogens with one attached hydrogen (secondary N) is 3. The second kappa shape index (κ2) is 10.7. The fourth-order valence-corrected chi connectivity index (χ4v) is 2.83. The molecule has 2 aliphatic rings. The summed E-state index contributed by atoms with van der Waals surface area (Å²) in [4.78, 5) is 16.8. The Hall–Kier alpha value is -1.35. The van der Waals surface area contributed by atoms with Crippen molar-refractivity contribution in [1.29, 1.82) is 0 Å². The molecule has 1 aromatic carbocycles. The zero-order valence-electron chi connectivity index (χ0n) is 15.3. The zero-order chi connectivity index (χ0) is 17.5. The Morgan fingerprint density at radius 1 is 1.27 bits per heavy atom. The number of guanidine groups is 1. The van der Waals surface area contributed by atoms with Crippen molar-refractivity contribution in [1.82, 2.24) is 10.6 Å². The lowest BCUT2D eigenvalue weighted by Gasteiger charge is -2.12. The van der Waals surface area contributed by atoms with E-state index in [0.29, 0.717) is 13.2 Å². The van der Waals surface area contributed by atoms with Gasteiger partial charge in [-0.3, -0.25) is 4.79 Å². The summed E-state index contributed by atoms with van der Waals surface area (Å²) in [5.41, 5.74) is 1.86. The average Bonchev–Trinajstić information content (AvgIpc) is 3.28. The van der Waals surface area contributed by atoms with Crippen molar-refractivity contribution in [3.63, 3.8) is 0 Å². The van der Waals surface area contributed by atoms with Crippen molar-refractivity contribution in [2.45, 2.75) is 45.3 Å². The van der Waals surface area contributed by atoms with Crippen LogP contribution in [0.3, 0.4) is 0 Å². The third kappa shape index (κ3) is 6.75. The molecule has 1 aromatic rings. The molecule has 1 saturated carbocycles. The van der Waals surface area contributed by atoms with Gasteiger partial charge in [0.1, 0.15) is 6.10 Å². The van der Waals surface area contributed by atoms with Crippen LogP contribution in [-0.2, 0) is 16.1 Å². The first-order chi connectivity index (χ1) is 12.2. The van der Waals surface area contributed by atoms with Crippen LogP contribution in [0.4, 0.5) is 5.69 Å². The van der Waals surface area contributed by atoms with Gasteiger partial charge in [0.05, 0.1) is 6.54 Å². The number of hydrogen-bond donors (Lipinski definition) is 3. The molecule has 1 aliphatic heterocycles. The third-order valence-electron chi connectivity index (χ3n) is 4.44. The van der Waals surface area contributed by atoms with Gasteiger partial charge in [-0.25, -0.2) is 4.99 Å². The Morgan fingerprint density at radius 2 is 2.12 bits per heavy atom. The number of ether oxygens (including phenoxy) is 1. The van der Waals surface area contributed by atoms with Gasteiger partial charge in [-0.05, 0) is 56.2 Å². The average molecular weight is 472 g/mol. The molecule has 1 aliphatic carbocycles. The Balaban J connectivity index is 0.00000243. The molecule has 0 radical (unpaired) electrons. The van der Waals surface area contributed by atoms with Crippen LogP contribution in [0.1, 0.15) is 38.2 Å². The minimum atomic E-state index is -0.311. The topological polar surface area (TPSA) is 74.8 Å². The van der Waals surface area contributed by atoms with E-state index in [1.807, 2.05) is 24.3 Å². The van der Waals surface area contributed by atoms with Crippen molar-refractivity contribution < 1.29 is 9.53 Å². The molecule has 26 heavy (non-hydrogen) atoms. The third-order valence-corrected chi connectivity index (χ3v) is 4.44. The van der Waals surface area contributed by atoms with Crippen LogP contribution >= 0.6 is 24.0 Å². The van der Waals surface area contributed by atoms with Crippen LogP contribution < -0.4 is 16.0 Å². The molecule has 1 unspecified atom stereocenters. The van der Waals surface area contributed by atoms with E-state index < -0.39 is 0 Å². The van der Waals surface area contributed by atoms with Crippen LogP contribution in [0.2, 0.25) is 0 Å². The van der Waals surface area contributed by atoms with E-state index in [1.54, 1.807) is 0 Å². The number of anilines is 1. The quantitative estimate of drug-likeness (QED) is 0.324.